The highest BCUT2D eigenvalue weighted by Gasteiger charge is 2.06. The van der Waals surface area contributed by atoms with Crippen LogP contribution in [0.1, 0.15) is 18.2 Å². The van der Waals surface area contributed by atoms with Gasteiger partial charge in [-0.3, -0.25) is 4.79 Å². The molecule has 6 heteroatoms. The molecule has 0 radical (unpaired) electrons. The maximum Gasteiger partial charge on any atom is 0.223 e. The molecule has 4 nitrogen and oxygen atoms in total. The third kappa shape index (κ3) is 3.97. The molecule has 0 saturated heterocycles. The lowest BCUT2D eigenvalue weighted by atomic mass is 10.2. The van der Waals surface area contributed by atoms with Gasteiger partial charge in [-0.25, -0.2) is 4.98 Å². The van der Waals surface area contributed by atoms with Crippen LogP contribution in [-0.2, 0) is 10.5 Å². The first-order valence-electron chi connectivity index (χ1n) is 5.75. The number of carbonyl (C=O) groups is 1. The number of nitrogen functional groups attached to an aromatic ring is 1. The van der Waals surface area contributed by atoms with Crippen LogP contribution in [0.5, 0.6) is 0 Å². The van der Waals surface area contributed by atoms with Crippen molar-refractivity contribution in [2.24, 2.45) is 0 Å². The molecule has 0 atom stereocenters. The second-order valence-corrected chi connectivity index (χ2v) is 6.03. The van der Waals surface area contributed by atoms with E-state index in [0.717, 1.165) is 22.0 Å². The molecule has 0 aliphatic carbocycles. The summed E-state index contributed by atoms with van der Waals surface area (Å²) in [5.74, 6) is 0.639. The summed E-state index contributed by atoms with van der Waals surface area (Å²) in [5.41, 5.74) is 8.85. The molecule has 0 fully saturated rings. The van der Waals surface area contributed by atoms with Crippen LogP contribution in [0.2, 0.25) is 0 Å². The standard InChI is InChI=1S/C13H15N3OS2/c1-8-3-4-11(14)12(5-8)18-6-10-7-19-13(16-10)15-9(2)17/h3-5,7H,6,14H2,1-2H3,(H,15,16,17). The summed E-state index contributed by atoms with van der Waals surface area (Å²) in [7, 11) is 0. The molecular formula is C13H15N3OS2. The minimum Gasteiger partial charge on any atom is -0.398 e. The molecule has 0 unspecified atom stereocenters. The zero-order valence-corrected chi connectivity index (χ0v) is 12.4. The average molecular weight is 293 g/mol. The first-order valence-corrected chi connectivity index (χ1v) is 7.62. The minimum atomic E-state index is -0.100. The van der Waals surface area contributed by atoms with Crippen molar-refractivity contribution in [1.29, 1.82) is 0 Å². The van der Waals surface area contributed by atoms with Gasteiger partial charge in [0.1, 0.15) is 0 Å². The zero-order chi connectivity index (χ0) is 13.8. The number of hydrogen-bond acceptors (Lipinski definition) is 5. The lowest BCUT2D eigenvalue weighted by Gasteiger charge is -2.05. The Morgan fingerprint density at radius 3 is 3.05 bits per heavy atom. The molecule has 1 heterocycles. The Morgan fingerprint density at radius 1 is 1.53 bits per heavy atom. The van der Waals surface area contributed by atoms with Crippen LogP contribution in [0.4, 0.5) is 10.8 Å². The van der Waals surface area contributed by atoms with Gasteiger partial charge < -0.3 is 11.1 Å². The van der Waals surface area contributed by atoms with E-state index < -0.39 is 0 Å². The number of thioether (sulfide) groups is 1. The SMILES string of the molecule is CC(=O)Nc1nc(CSc2cc(C)ccc2N)cs1. The van der Waals surface area contributed by atoms with Gasteiger partial charge in [0.15, 0.2) is 5.13 Å². The van der Waals surface area contributed by atoms with Gasteiger partial charge in [0.05, 0.1) is 5.69 Å². The number of thiazole rings is 1. The molecule has 0 aliphatic rings. The number of amides is 1. The summed E-state index contributed by atoms with van der Waals surface area (Å²) in [4.78, 5) is 16.3. The maximum absolute atomic E-state index is 10.9. The van der Waals surface area contributed by atoms with E-state index in [1.54, 1.807) is 11.8 Å². The van der Waals surface area contributed by atoms with Gasteiger partial charge in [-0.1, -0.05) is 6.07 Å². The van der Waals surface area contributed by atoms with Crippen molar-refractivity contribution in [3.05, 3.63) is 34.8 Å². The van der Waals surface area contributed by atoms with Gasteiger partial charge >= 0.3 is 0 Å². The van der Waals surface area contributed by atoms with Crippen molar-refractivity contribution in [3.63, 3.8) is 0 Å². The largest absolute Gasteiger partial charge is 0.398 e. The molecule has 100 valence electrons. The monoisotopic (exact) mass is 293 g/mol. The Balaban J connectivity index is 2.00. The predicted octanol–water partition coefficient (Wildman–Crippen LogP) is 3.28. The Morgan fingerprint density at radius 2 is 2.32 bits per heavy atom. The summed E-state index contributed by atoms with van der Waals surface area (Å²) in [6.07, 6.45) is 0. The Labute approximate surface area is 120 Å². The van der Waals surface area contributed by atoms with Crippen LogP contribution >= 0.6 is 23.1 Å². The summed E-state index contributed by atoms with van der Waals surface area (Å²) < 4.78 is 0. The highest BCUT2D eigenvalue weighted by molar-refractivity contribution is 7.98. The molecule has 1 aromatic carbocycles. The van der Waals surface area contributed by atoms with E-state index in [1.807, 2.05) is 24.4 Å². The summed E-state index contributed by atoms with van der Waals surface area (Å²) in [5, 5.41) is 5.27. The first kappa shape index (κ1) is 13.9. The number of anilines is 2. The van der Waals surface area contributed by atoms with Gasteiger partial charge in [-0.05, 0) is 24.6 Å². The minimum absolute atomic E-state index is 0.100. The first-order chi connectivity index (χ1) is 9.04. The molecule has 19 heavy (non-hydrogen) atoms. The van der Waals surface area contributed by atoms with E-state index in [2.05, 4.69) is 16.4 Å². The number of benzene rings is 1. The maximum atomic E-state index is 10.9. The summed E-state index contributed by atoms with van der Waals surface area (Å²) >= 11 is 3.09. The van der Waals surface area contributed by atoms with E-state index in [4.69, 9.17) is 5.73 Å². The van der Waals surface area contributed by atoms with E-state index in [0.29, 0.717) is 5.13 Å². The average Bonchev–Trinajstić information content (AvgIpc) is 2.77. The van der Waals surface area contributed by atoms with Gasteiger partial charge in [0, 0.05) is 28.6 Å². The molecule has 0 bridgehead atoms. The molecule has 1 amide bonds. The lowest BCUT2D eigenvalue weighted by molar-refractivity contribution is -0.114. The molecule has 0 saturated carbocycles. The van der Waals surface area contributed by atoms with E-state index in [9.17, 15) is 4.79 Å². The Bertz CT molecular complexity index is 595. The van der Waals surface area contributed by atoms with Crippen molar-refractivity contribution in [2.75, 3.05) is 11.1 Å². The molecule has 3 N–H and O–H groups in total. The number of nitrogens with zero attached hydrogens (tertiary/aromatic N) is 1. The topological polar surface area (TPSA) is 68.0 Å². The molecular weight excluding hydrogens is 278 g/mol. The Hall–Kier alpha value is -1.53. The van der Waals surface area contributed by atoms with Gasteiger partial charge in [0.25, 0.3) is 0 Å². The van der Waals surface area contributed by atoms with Gasteiger partial charge in [-0.2, -0.15) is 0 Å². The number of aromatic nitrogens is 1. The number of carbonyl (C=O) groups excluding carboxylic acids is 1. The van der Waals surface area contributed by atoms with Gasteiger partial charge in [-0.15, -0.1) is 23.1 Å². The molecule has 0 aliphatic heterocycles. The fourth-order valence-electron chi connectivity index (χ4n) is 1.50. The second kappa shape index (κ2) is 6.08. The van der Waals surface area contributed by atoms with Crippen LogP contribution < -0.4 is 11.1 Å². The van der Waals surface area contributed by atoms with Crippen molar-refractivity contribution in [1.82, 2.24) is 4.98 Å². The van der Waals surface area contributed by atoms with Crippen LogP contribution in [0.25, 0.3) is 0 Å². The van der Waals surface area contributed by atoms with E-state index >= 15 is 0 Å². The van der Waals surface area contributed by atoms with Crippen molar-refractivity contribution >= 4 is 39.8 Å². The summed E-state index contributed by atoms with van der Waals surface area (Å²) in [6, 6.07) is 5.99. The number of hydrogen-bond donors (Lipinski definition) is 2. The quantitative estimate of drug-likeness (QED) is 0.670. The number of nitrogens with two attached hydrogens (primary N) is 1. The lowest BCUT2D eigenvalue weighted by Crippen LogP contribution is -2.05. The molecule has 1 aromatic heterocycles. The van der Waals surface area contributed by atoms with Crippen LogP contribution in [0.3, 0.4) is 0 Å². The highest BCUT2D eigenvalue weighted by Crippen LogP contribution is 2.29. The van der Waals surface area contributed by atoms with E-state index in [-0.39, 0.29) is 5.91 Å². The number of rotatable bonds is 4. The fourth-order valence-corrected chi connectivity index (χ4v) is 3.32. The van der Waals surface area contributed by atoms with Gasteiger partial charge in [0.2, 0.25) is 5.91 Å². The van der Waals surface area contributed by atoms with Crippen LogP contribution in [0, 0.1) is 6.92 Å². The van der Waals surface area contributed by atoms with E-state index in [1.165, 1.54) is 23.8 Å². The number of nitrogens with one attached hydrogen (secondary N) is 1. The molecule has 0 spiro atoms. The zero-order valence-electron chi connectivity index (χ0n) is 10.8. The van der Waals surface area contributed by atoms with Crippen molar-refractivity contribution in [2.45, 2.75) is 24.5 Å². The second-order valence-electron chi connectivity index (χ2n) is 4.16. The third-order valence-electron chi connectivity index (χ3n) is 2.38. The highest BCUT2D eigenvalue weighted by atomic mass is 32.2. The smallest absolute Gasteiger partial charge is 0.223 e. The predicted molar refractivity (Wildman–Crippen MR) is 81.6 cm³/mol. The fraction of sp³-hybridized carbons (Fsp3) is 0.231. The third-order valence-corrected chi connectivity index (χ3v) is 4.29. The van der Waals surface area contributed by atoms with Crippen molar-refractivity contribution in [3.8, 4) is 0 Å². The normalized spacial score (nSPS) is 10.4. The Kier molecular flexibility index (Phi) is 4.44. The van der Waals surface area contributed by atoms with Crippen LogP contribution in [-0.4, -0.2) is 10.9 Å². The number of aryl methyl sites for hydroxylation is 1. The molecule has 2 aromatic rings. The van der Waals surface area contributed by atoms with Crippen LogP contribution in [0.15, 0.2) is 28.5 Å². The van der Waals surface area contributed by atoms with Crippen molar-refractivity contribution < 1.29 is 4.79 Å². The summed E-state index contributed by atoms with van der Waals surface area (Å²) in [6.45, 7) is 3.52. The molecule has 2 rings (SSSR count).